The van der Waals surface area contributed by atoms with Gasteiger partial charge in [0.05, 0.1) is 4.47 Å². The molecule has 0 fully saturated rings. The quantitative estimate of drug-likeness (QED) is 0.891. The zero-order chi connectivity index (χ0) is 14.0. The third-order valence-corrected chi connectivity index (χ3v) is 4.35. The summed E-state index contributed by atoms with van der Waals surface area (Å²) in [5, 5.41) is 0. The highest BCUT2D eigenvalue weighted by Gasteiger charge is 2.21. The van der Waals surface area contributed by atoms with Gasteiger partial charge in [-0.15, -0.1) is 11.3 Å². The van der Waals surface area contributed by atoms with Crippen LogP contribution >= 0.6 is 27.3 Å². The van der Waals surface area contributed by atoms with Gasteiger partial charge in [-0.1, -0.05) is 0 Å². The molecule has 2 nitrogen and oxygen atoms in total. The molecule has 102 valence electrons. The monoisotopic (exact) mass is 343 g/mol. The van der Waals surface area contributed by atoms with Crippen molar-refractivity contribution >= 4 is 27.3 Å². The van der Waals surface area contributed by atoms with Crippen molar-refractivity contribution < 1.29 is 9.13 Å². The van der Waals surface area contributed by atoms with Gasteiger partial charge in [-0.05, 0) is 60.1 Å². The SMILES string of the molecule is Cc1ccc(C(Oc2ccc(F)cc2Br)C(C)N)s1. The van der Waals surface area contributed by atoms with Gasteiger partial charge in [0.15, 0.2) is 0 Å². The second-order valence-corrected chi connectivity index (χ2v) is 6.59. The summed E-state index contributed by atoms with van der Waals surface area (Å²) < 4.78 is 19.6. The Morgan fingerprint density at radius 2 is 2.05 bits per heavy atom. The van der Waals surface area contributed by atoms with Crippen molar-refractivity contribution in [1.82, 2.24) is 0 Å². The minimum atomic E-state index is -0.302. The van der Waals surface area contributed by atoms with Crippen LogP contribution in [0.5, 0.6) is 5.75 Å². The average molecular weight is 344 g/mol. The molecule has 0 amide bonds. The topological polar surface area (TPSA) is 35.2 Å². The summed E-state index contributed by atoms with van der Waals surface area (Å²) in [6, 6.07) is 8.26. The van der Waals surface area contributed by atoms with Crippen molar-refractivity contribution in [2.75, 3.05) is 0 Å². The lowest BCUT2D eigenvalue weighted by molar-refractivity contribution is 0.182. The van der Waals surface area contributed by atoms with Gasteiger partial charge in [0.2, 0.25) is 0 Å². The molecule has 0 aliphatic rings. The van der Waals surface area contributed by atoms with E-state index in [-0.39, 0.29) is 18.0 Å². The number of benzene rings is 1. The molecule has 0 saturated carbocycles. The number of halogens is 2. The highest BCUT2D eigenvalue weighted by molar-refractivity contribution is 9.10. The highest BCUT2D eigenvalue weighted by atomic mass is 79.9. The third-order valence-electron chi connectivity index (χ3n) is 2.67. The minimum absolute atomic E-state index is 0.157. The molecule has 2 atom stereocenters. The first-order valence-corrected chi connectivity index (χ1v) is 7.52. The van der Waals surface area contributed by atoms with Crippen LogP contribution in [0.15, 0.2) is 34.8 Å². The first-order valence-electron chi connectivity index (χ1n) is 5.91. The molecule has 2 unspecified atom stereocenters. The molecule has 2 rings (SSSR count). The van der Waals surface area contributed by atoms with Crippen molar-refractivity contribution in [1.29, 1.82) is 0 Å². The van der Waals surface area contributed by atoms with Gasteiger partial charge >= 0.3 is 0 Å². The number of rotatable bonds is 4. The Morgan fingerprint density at radius 1 is 1.32 bits per heavy atom. The number of thiophene rings is 1. The Morgan fingerprint density at radius 3 is 2.58 bits per heavy atom. The molecule has 1 aromatic heterocycles. The summed E-state index contributed by atoms with van der Waals surface area (Å²) in [5.41, 5.74) is 6.00. The summed E-state index contributed by atoms with van der Waals surface area (Å²) in [6.45, 7) is 3.94. The maximum absolute atomic E-state index is 13.1. The Hall–Kier alpha value is -0.910. The number of nitrogens with two attached hydrogens (primary N) is 1. The molecule has 0 spiro atoms. The molecule has 0 saturated heterocycles. The van der Waals surface area contributed by atoms with Gasteiger partial charge in [-0.2, -0.15) is 0 Å². The molecule has 0 radical (unpaired) electrons. The predicted molar refractivity (Wildman–Crippen MR) is 80.2 cm³/mol. The number of aryl methyl sites for hydroxylation is 1. The standard InChI is InChI=1S/C14H15BrFNOS/c1-8-3-6-13(19-8)14(9(2)17)18-12-5-4-10(16)7-11(12)15/h3-7,9,14H,17H2,1-2H3. The van der Waals surface area contributed by atoms with Gasteiger partial charge in [-0.3, -0.25) is 0 Å². The van der Waals surface area contributed by atoms with Crippen molar-refractivity contribution in [3.05, 3.63) is 50.4 Å². The summed E-state index contributed by atoms with van der Waals surface area (Å²) >= 11 is 4.96. The second kappa shape index (κ2) is 6.03. The minimum Gasteiger partial charge on any atom is -0.482 e. The van der Waals surface area contributed by atoms with Crippen LogP contribution in [0.25, 0.3) is 0 Å². The molecule has 0 aliphatic heterocycles. The summed E-state index contributed by atoms with van der Waals surface area (Å²) in [5.74, 6) is 0.290. The van der Waals surface area contributed by atoms with Crippen LogP contribution in [0.2, 0.25) is 0 Å². The molecule has 1 heterocycles. The zero-order valence-corrected chi connectivity index (χ0v) is 13.1. The van der Waals surface area contributed by atoms with E-state index in [4.69, 9.17) is 10.5 Å². The number of ether oxygens (including phenoxy) is 1. The van der Waals surface area contributed by atoms with E-state index < -0.39 is 0 Å². The van der Waals surface area contributed by atoms with Crippen LogP contribution in [-0.2, 0) is 0 Å². The summed E-state index contributed by atoms with van der Waals surface area (Å²) in [6.07, 6.45) is -0.236. The third kappa shape index (κ3) is 3.55. The number of hydrogen-bond acceptors (Lipinski definition) is 3. The molecule has 0 bridgehead atoms. The summed E-state index contributed by atoms with van der Waals surface area (Å²) in [4.78, 5) is 2.28. The van der Waals surface area contributed by atoms with Crippen LogP contribution in [0.1, 0.15) is 22.8 Å². The fourth-order valence-corrected chi connectivity index (χ4v) is 3.21. The molecular formula is C14H15BrFNOS. The average Bonchev–Trinajstić information content (AvgIpc) is 2.74. The number of hydrogen-bond donors (Lipinski definition) is 1. The van der Waals surface area contributed by atoms with Crippen molar-refractivity contribution in [2.24, 2.45) is 5.73 Å². The van der Waals surface area contributed by atoms with Crippen LogP contribution in [-0.4, -0.2) is 6.04 Å². The molecule has 5 heteroatoms. The molecule has 2 N–H and O–H groups in total. The van der Waals surface area contributed by atoms with Crippen molar-refractivity contribution in [3.8, 4) is 5.75 Å². The molecule has 0 aliphatic carbocycles. The van der Waals surface area contributed by atoms with Gasteiger partial charge in [0.25, 0.3) is 0 Å². The van der Waals surface area contributed by atoms with E-state index in [2.05, 4.69) is 15.9 Å². The Bertz CT molecular complexity index is 570. The van der Waals surface area contributed by atoms with E-state index in [9.17, 15) is 4.39 Å². The van der Waals surface area contributed by atoms with Crippen LogP contribution in [0, 0.1) is 12.7 Å². The van der Waals surface area contributed by atoms with E-state index in [0.29, 0.717) is 10.2 Å². The lowest BCUT2D eigenvalue weighted by Crippen LogP contribution is -2.28. The normalized spacial score (nSPS) is 14.2. The predicted octanol–water partition coefficient (Wildman–Crippen LogP) is 4.43. The highest BCUT2D eigenvalue weighted by Crippen LogP contribution is 2.33. The lowest BCUT2D eigenvalue weighted by atomic mass is 10.1. The van der Waals surface area contributed by atoms with Gasteiger partial charge in [-0.25, -0.2) is 4.39 Å². The van der Waals surface area contributed by atoms with Gasteiger partial charge in [0, 0.05) is 15.8 Å². The fourth-order valence-electron chi connectivity index (χ4n) is 1.74. The van der Waals surface area contributed by atoms with Crippen molar-refractivity contribution in [3.63, 3.8) is 0 Å². The summed E-state index contributed by atoms with van der Waals surface area (Å²) in [7, 11) is 0. The Labute approximate surface area is 124 Å². The largest absolute Gasteiger partial charge is 0.482 e. The van der Waals surface area contributed by atoms with E-state index in [1.807, 2.05) is 26.0 Å². The maximum atomic E-state index is 13.1. The molecule has 2 aromatic rings. The van der Waals surface area contributed by atoms with E-state index >= 15 is 0 Å². The van der Waals surface area contributed by atoms with Gasteiger partial charge in [0.1, 0.15) is 17.7 Å². The fraction of sp³-hybridized carbons (Fsp3) is 0.286. The smallest absolute Gasteiger partial charge is 0.148 e. The Balaban J connectivity index is 2.26. The zero-order valence-electron chi connectivity index (χ0n) is 10.7. The van der Waals surface area contributed by atoms with E-state index in [0.717, 1.165) is 4.88 Å². The lowest BCUT2D eigenvalue weighted by Gasteiger charge is -2.22. The first-order chi connectivity index (χ1) is 8.97. The van der Waals surface area contributed by atoms with Crippen molar-refractivity contribution in [2.45, 2.75) is 26.0 Å². The van der Waals surface area contributed by atoms with E-state index in [1.165, 1.54) is 17.0 Å². The Kier molecular flexibility index (Phi) is 4.60. The van der Waals surface area contributed by atoms with E-state index in [1.54, 1.807) is 17.4 Å². The van der Waals surface area contributed by atoms with Crippen LogP contribution in [0.4, 0.5) is 4.39 Å². The van der Waals surface area contributed by atoms with Gasteiger partial charge < -0.3 is 10.5 Å². The molecule has 19 heavy (non-hydrogen) atoms. The first kappa shape index (κ1) is 14.5. The van der Waals surface area contributed by atoms with Crippen LogP contribution < -0.4 is 10.5 Å². The van der Waals surface area contributed by atoms with Crippen LogP contribution in [0.3, 0.4) is 0 Å². The molecule has 1 aromatic carbocycles. The molecular weight excluding hydrogens is 329 g/mol. The second-order valence-electron chi connectivity index (χ2n) is 4.42. The maximum Gasteiger partial charge on any atom is 0.148 e.